The van der Waals surface area contributed by atoms with Crippen LogP contribution in [0.2, 0.25) is 0 Å². The maximum atomic E-state index is 2.40. The predicted molar refractivity (Wildman–Crippen MR) is 95.2 cm³/mol. The van der Waals surface area contributed by atoms with Crippen molar-refractivity contribution >= 4 is 35.9 Å². The summed E-state index contributed by atoms with van der Waals surface area (Å²) in [4.78, 5) is 1.43. The van der Waals surface area contributed by atoms with Gasteiger partial charge in [0.05, 0.1) is 0 Å². The van der Waals surface area contributed by atoms with Crippen molar-refractivity contribution in [2.45, 2.75) is 5.66 Å². The fraction of sp³-hybridized carbons (Fsp3) is 0.0526. The van der Waals surface area contributed by atoms with Crippen molar-refractivity contribution in [3.05, 3.63) is 88.6 Å². The molecule has 4 rings (SSSR count). The van der Waals surface area contributed by atoms with Crippen LogP contribution >= 0.6 is 19.3 Å². The van der Waals surface area contributed by atoms with Gasteiger partial charge in [0.2, 0.25) is 0 Å². The fourth-order valence-corrected chi connectivity index (χ4v) is 6.49. The molecule has 1 heterocycles. The smallest absolute Gasteiger partial charge is 0.0319 e. The highest BCUT2D eigenvalue weighted by Crippen LogP contribution is 2.54. The highest BCUT2D eigenvalue weighted by molar-refractivity contribution is 7.73. The van der Waals surface area contributed by atoms with Crippen LogP contribution in [-0.4, -0.2) is 0 Å². The zero-order chi connectivity index (χ0) is 14.1. The van der Waals surface area contributed by atoms with Crippen LogP contribution in [0.3, 0.4) is 0 Å². The van der Waals surface area contributed by atoms with Crippen molar-refractivity contribution in [1.29, 1.82) is 0 Å². The SMILES string of the molecule is C1=CC(P(c2ccccc2)c2ccccc2)c2ccsc21. The molecular weight excluding hydrogens is 291 g/mol. The average molecular weight is 306 g/mol. The van der Waals surface area contributed by atoms with Gasteiger partial charge in [-0.3, -0.25) is 0 Å². The van der Waals surface area contributed by atoms with Gasteiger partial charge in [0.1, 0.15) is 0 Å². The van der Waals surface area contributed by atoms with Crippen molar-refractivity contribution in [2.75, 3.05) is 0 Å². The quantitative estimate of drug-likeness (QED) is 0.601. The van der Waals surface area contributed by atoms with Gasteiger partial charge in [-0.25, -0.2) is 0 Å². The molecule has 0 saturated carbocycles. The average Bonchev–Trinajstić information content (AvgIpc) is 3.15. The summed E-state index contributed by atoms with van der Waals surface area (Å²) < 4.78 is 0. The topological polar surface area (TPSA) is 0 Å². The number of rotatable bonds is 3. The summed E-state index contributed by atoms with van der Waals surface area (Å²) in [7, 11) is -0.393. The van der Waals surface area contributed by atoms with Gasteiger partial charge >= 0.3 is 0 Å². The number of thiophene rings is 1. The molecule has 1 unspecified atom stereocenters. The largest absolute Gasteiger partial charge is 0.144 e. The van der Waals surface area contributed by atoms with E-state index in [-0.39, 0.29) is 0 Å². The molecule has 0 nitrogen and oxygen atoms in total. The summed E-state index contributed by atoms with van der Waals surface area (Å²) in [6.07, 6.45) is 4.69. The summed E-state index contributed by atoms with van der Waals surface area (Å²) in [5.41, 5.74) is 2.00. The van der Waals surface area contributed by atoms with Gasteiger partial charge in [-0.2, -0.15) is 0 Å². The standard InChI is InChI=1S/C19H15PS/c1-3-7-15(8-4-1)20(16-9-5-2-6-10-16)18-11-12-19-17(18)13-14-21-19/h1-14,18H. The number of fused-ring (bicyclic) bond motifs is 1. The van der Waals surface area contributed by atoms with Gasteiger partial charge in [-0.1, -0.05) is 66.7 Å². The highest BCUT2D eigenvalue weighted by Gasteiger charge is 2.28. The van der Waals surface area contributed by atoms with Gasteiger partial charge in [0.15, 0.2) is 0 Å². The zero-order valence-corrected chi connectivity index (χ0v) is 13.2. The van der Waals surface area contributed by atoms with Crippen LogP contribution in [0.5, 0.6) is 0 Å². The molecule has 0 bridgehead atoms. The maximum Gasteiger partial charge on any atom is 0.0319 e. The Labute approximate surface area is 130 Å². The minimum absolute atomic E-state index is 0.393. The molecule has 0 N–H and O–H groups in total. The van der Waals surface area contributed by atoms with Gasteiger partial charge in [0, 0.05) is 10.5 Å². The predicted octanol–water partition coefficient (Wildman–Crippen LogP) is 4.95. The van der Waals surface area contributed by atoms with E-state index in [2.05, 4.69) is 84.3 Å². The first-order chi connectivity index (χ1) is 10.4. The lowest BCUT2D eigenvalue weighted by Crippen LogP contribution is -2.15. The Kier molecular flexibility index (Phi) is 3.47. The van der Waals surface area contributed by atoms with Crippen molar-refractivity contribution in [2.24, 2.45) is 0 Å². The van der Waals surface area contributed by atoms with E-state index in [9.17, 15) is 0 Å². The minimum Gasteiger partial charge on any atom is -0.144 e. The maximum absolute atomic E-state index is 2.40. The molecule has 2 aromatic carbocycles. The van der Waals surface area contributed by atoms with Crippen LogP contribution in [0.4, 0.5) is 0 Å². The lowest BCUT2D eigenvalue weighted by molar-refractivity contribution is 1.27. The second-order valence-corrected chi connectivity index (χ2v) is 8.36. The molecule has 0 aliphatic heterocycles. The Bertz CT molecular complexity index is 719. The zero-order valence-electron chi connectivity index (χ0n) is 11.5. The van der Waals surface area contributed by atoms with E-state index in [1.165, 1.54) is 21.0 Å². The third-order valence-corrected chi connectivity index (χ3v) is 7.44. The third kappa shape index (κ3) is 2.37. The van der Waals surface area contributed by atoms with Gasteiger partial charge in [-0.15, -0.1) is 11.3 Å². The summed E-state index contributed by atoms with van der Waals surface area (Å²) in [6, 6.07) is 24.2. The Morgan fingerprint density at radius 1 is 0.762 bits per heavy atom. The highest BCUT2D eigenvalue weighted by atomic mass is 32.1. The molecule has 1 aromatic heterocycles. The molecule has 2 heteroatoms. The first-order valence-electron chi connectivity index (χ1n) is 7.08. The van der Waals surface area contributed by atoms with E-state index in [0.29, 0.717) is 5.66 Å². The molecule has 102 valence electrons. The van der Waals surface area contributed by atoms with E-state index in [4.69, 9.17) is 0 Å². The molecule has 0 amide bonds. The summed E-state index contributed by atoms with van der Waals surface area (Å²) in [6.45, 7) is 0. The Morgan fingerprint density at radius 2 is 1.38 bits per heavy atom. The van der Waals surface area contributed by atoms with Crippen molar-refractivity contribution < 1.29 is 0 Å². The van der Waals surface area contributed by atoms with Crippen LogP contribution in [0.1, 0.15) is 16.1 Å². The van der Waals surface area contributed by atoms with E-state index in [1.807, 2.05) is 11.3 Å². The van der Waals surface area contributed by atoms with E-state index < -0.39 is 7.92 Å². The minimum atomic E-state index is -0.393. The van der Waals surface area contributed by atoms with Crippen molar-refractivity contribution in [3.8, 4) is 0 Å². The summed E-state index contributed by atoms with van der Waals surface area (Å²) in [5.74, 6) is 0. The van der Waals surface area contributed by atoms with Crippen LogP contribution in [0.25, 0.3) is 6.08 Å². The molecule has 3 aromatic rings. The van der Waals surface area contributed by atoms with E-state index >= 15 is 0 Å². The number of benzene rings is 2. The van der Waals surface area contributed by atoms with E-state index in [0.717, 1.165) is 0 Å². The molecule has 0 fully saturated rings. The first kappa shape index (κ1) is 13.0. The van der Waals surface area contributed by atoms with Gasteiger partial charge in [0.25, 0.3) is 0 Å². The lowest BCUT2D eigenvalue weighted by atomic mass is 10.3. The molecule has 0 radical (unpaired) electrons. The van der Waals surface area contributed by atoms with Crippen LogP contribution in [0.15, 0.2) is 78.2 Å². The van der Waals surface area contributed by atoms with Crippen molar-refractivity contribution in [1.82, 2.24) is 0 Å². The monoisotopic (exact) mass is 306 g/mol. The Hall–Kier alpha value is -1.69. The molecule has 0 saturated heterocycles. The summed E-state index contributed by atoms with van der Waals surface area (Å²) >= 11 is 1.85. The first-order valence-corrected chi connectivity index (χ1v) is 9.37. The Balaban J connectivity index is 1.84. The number of allylic oxidation sites excluding steroid dienone is 1. The normalized spacial score (nSPS) is 16.3. The number of hydrogen-bond acceptors (Lipinski definition) is 1. The second-order valence-electron chi connectivity index (χ2n) is 5.09. The van der Waals surface area contributed by atoms with Crippen molar-refractivity contribution in [3.63, 3.8) is 0 Å². The number of hydrogen-bond donors (Lipinski definition) is 0. The van der Waals surface area contributed by atoms with Crippen LogP contribution in [-0.2, 0) is 0 Å². The molecular formula is C19H15PS. The lowest BCUT2D eigenvalue weighted by Gasteiger charge is -2.24. The molecule has 1 aliphatic carbocycles. The summed E-state index contributed by atoms with van der Waals surface area (Å²) in [5, 5.41) is 5.12. The molecule has 1 atom stereocenters. The van der Waals surface area contributed by atoms with Gasteiger partial charge in [-0.05, 0) is 41.6 Å². The van der Waals surface area contributed by atoms with Crippen LogP contribution < -0.4 is 10.6 Å². The second kappa shape index (κ2) is 5.60. The van der Waals surface area contributed by atoms with Gasteiger partial charge < -0.3 is 0 Å². The molecule has 0 spiro atoms. The van der Waals surface area contributed by atoms with E-state index in [1.54, 1.807) is 0 Å². The molecule has 21 heavy (non-hydrogen) atoms. The molecule has 1 aliphatic rings. The van der Waals surface area contributed by atoms with Crippen LogP contribution in [0, 0.1) is 0 Å². The fourth-order valence-electron chi connectivity index (χ4n) is 2.87. The Morgan fingerprint density at radius 3 is 2.00 bits per heavy atom. The third-order valence-electron chi connectivity index (χ3n) is 3.82.